The Balaban J connectivity index is 1.80. The van der Waals surface area contributed by atoms with E-state index in [9.17, 15) is 4.79 Å². The van der Waals surface area contributed by atoms with Gasteiger partial charge in [0.05, 0.1) is 6.07 Å². The average molecular weight is 254 g/mol. The van der Waals surface area contributed by atoms with Crippen LogP contribution in [0.4, 0.5) is 0 Å². The van der Waals surface area contributed by atoms with Gasteiger partial charge in [0.15, 0.2) is 0 Å². The quantitative estimate of drug-likeness (QED) is 0.533. The molecule has 0 unspecified atom stereocenters. The van der Waals surface area contributed by atoms with E-state index in [1.54, 1.807) is 0 Å². The zero-order valence-corrected chi connectivity index (χ0v) is 11.4. The van der Waals surface area contributed by atoms with Crippen LogP contribution in [0.3, 0.4) is 0 Å². The van der Waals surface area contributed by atoms with E-state index in [4.69, 9.17) is 16.9 Å². The van der Waals surface area contributed by atoms with Crippen molar-refractivity contribution in [2.45, 2.75) is 63.7 Å². The maximum absolute atomic E-state index is 12.3. The molecule has 17 heavy (non-hydrogen) atoms. The van der Waals surface area contributed by atoms with Crippen LogP contribution in [-0.2, 0) is 4.79 Å². The average Bonchev–Trinajstić information content (AvgIpc) is 2.10. The van der Waals surface area contributed by atoms with Crippen LogP contribution in [0.1, 0.15) is 58.8 Å². The second-order valence-corrected chi connectivity index (χ2v) is 7.54. The summed E-state index contributed by atoms with van der Waals surface area (Å²) in [7, 11) is 0. The van der Waals surface area contributed by atoms with Crippen molar-refractivity contribution in [1.82, 2.24) is 0 Å². The van der Waals surface area contributed by atoms with Gasteiger partial charge in [0.1, 0.15) is 5.78 Å². The minimum atomic E-state index is -0.0474. The summed E-state index contributed by atoms with van der Waals surface area (Å²) in [6, 6.07) is 2.16. The summed E-state index contributed by atoms with van der Waals surface area (Å²) in [5.74, 6) is 0.405. The lowest BCUT2D eigenvalue weighted by atomic mass is 9.41. The van der Waals surface area contributed by atoms with E-state index in [2.05, 4.69) is 19.9 Å². The smallest absolute Gasteiger partial charge is 0.139 e. The van der Waals surface area contributed by atoms with Gasteiger partial charge in [-0.3, -0.25) is 4.79 Å². The zero-order valence-electron chi connectivity index (χ0n) is 10.7. The van der Waals surface area contributed by atoms with E-state index >= 15 is 0 Å². The molecular weight excluding hydrogens is 234 g/mol. The fourth-order valence-corrected chi connectivity index (χ4v) is 4.08. The number of halogens is 1. The SMILES string of the molecule is CC(C)(CCCC#N)CC(=O)C12CC(Cl)(C1)C2. The Morgan fingerprint density at radius 3 is 2.47 bits per heavy atom. The normalized spacial score (nSPS) is 34.5. The molecule has 3 fully saturated rings. The molecule has 0 saturated heterocycles. The molecule has 0 aliphatic heterocycles. The Morgan fingerprint density at radius 1 is 1.41 bits per heavy atom. The highest BCUT2D eigenvalue weighted by Crippen LogP contribution is 2.71. The molecule has 3 rings (SSSR count). The maximum atomic E-state index is 12.3. The molecule has 0 aromatic carbocycles. The number of Topliss-reactive ketones (excluding diaryl/α,β-unsaturated/α-hetero) is 1. The molecular formula is C14H20ClNO. The Morgan fingerprint density at radius 2 is 2.00 bits per heavy atom. The van der Waals surface area contributed by atoms with E-state index in [-0.39, 0.29) is 15.7 Å². The third-order valence-corrected chi connectivity index (χ3v) is 4.74. The molecule has 3 aliphatic carbocycles. The Bertz CT molecular complexity index is 360. The summed E-state index contributed by atoms with van der Waals surface area (Å²) in [5, 5.41) is 8.52. The lowest BCUT2D eigenvalue weighted by molar-refractivity contribution is -0.158. The molecule has 2 nitrogen and oxygen atoms in total. The third-order valence-electron chi connectivity index (χ3n) is 4.34. The number of alkyl halides is 1. The summed E-state index contributed by atoms with van der Waals surface area (Å²) in [6.07, 6.45) is 5.77. The Hall–Kier alpha value is -0.550. The number of carbonyl (C=O) groups is 1. The highest BCUT2D eigenvalue weighted by molar-refractivity contribution is 6.27. The van der Waals surface area contributed by atoms with Crippen molar-refractivity contribution in [1.29, 1.82) is 5.26 Å². The standard InChI is InChI=1S/C14H20ClNO/c1-12(2,5-3-4-6-16)7-11(17)13-8-14(15,9-13)10-13/h3-5,7-10H2,1-2H3. The fraction of sp³-hybridized carbons (Fsp3) is 0.857. The monoisotopic (exact) mass is 253 g/mol. The van der Waals surface area contributed by atoms with Gasteiger partial charge in [0.2, 0.25) is 0 Å². The van der Waals surface area contributed by atoms with Crippen LogP contribution in [0.15, 0.2) is 0 Å². The number of rotatable bonds is 6. The number of unbranched alkanes of at least 4 members (excludes halogenated alkanes) is 1. The van der Waals surface area contributed by atoms with Gasteiger partial charge in [-0.25, -0.2) is 0 Å². The summed E-state index contributed by atoms with van der Waals surface area (Å²) in [4.78, 5) is 12.2. The molecule has 94 valence electrons. The van der Waals surface area contributed by atoms with Gasteiger partial charge in [0, 0.05) is 23.1 Å². The van der Waals surface area contributed by atoms with Crippen molar-refractivity contribution in [3.05, 3.63) is 0 Å². The van der Waals surface area contributed by atoms with Crippen LogP contribution in [0.5, 0.6) is 0 Å². The van der Waals surface area contributed by atoms with Gasteiger partial charge >= 0.3 is 0 Å². The molecule has 3 aliphatic rings. The molecule has 0 amide bonds. The molecule has 0 spiro atoms. The van der Waals surface area contributed by atoms with E-state index in [0.717, 1.165) is 32.1 Å². The molecule has 0 radical (unpaired) electrons. The van der Waals surface area contributed by atoms with Crippen molar-refractivity contribution >= 4 is 17.4 Å². The van der Waals surface area contributed by atoms with Gasteiger partial charge in [-0.05, 0) is 37.5 Å². The number of ketones is 1. The summed E-state index contributed by atoms with van der Waals surface area (Å²) in [5.41, 5.74) is -0.0168. The van der Waals surface area contributed by atoms with E-state index in [0.29, 0.717) is 18.6 Å². The van der Waals surface area contributed by atoms with E-state index in [1.165, 1.54) is 0 Å². The molecule has 0 aromatic heterocycles. The highest BCUT2D eigenvalue weighted by atomic mass is 35.5. The van der Waals surface area contributed by atoms with Crippen LogP contribution in [0.2, 0.25) is 0 Å². The van der Waals surface area contributed by atoms with Gasteiger partial charge in [-0.2, -0.15) is 5.26 Å². The number of nitriles is 1. The zero-order chi connectivity index (χ0) is 12.7. The Kier molecular flexibility index (Phi) is 3.02. The van der Waals surface area contributed by atoms with Gasteiger partial charge in [-0.15, -0.1) is 11.6 Å². The first-order chi connectivity index (χ1) is 7.81. The van der Waals surface area contributed by atoms with Crippen LogP contribution < -0.4 is 0 Å². The maximum Gasteiger partial charge on any atom is 0.139 e. The first kappa shape index (κ1) is 12.9. The van der Waals surface area contributed by atoms with Gasteiger partial charge < -0.3 is 0 Å². The number of carbonyl (C=O) groups excluding carboxylic acids is 1. The molecule has 3 saturated carbocycles. The summed E-state index contributed by atoms with van der Waals surface area (Å²) >= 11 is 6.19. The molecule has 3 heteroatoms. The molecule has 2 bridgehead atoms. The van der Waals surface area contributed by atoms with E-state index in [1.807, 2.05) is 0 Å². The second kappa shape index (κ2) is 3.99. The fourth-order valence-electron chi connectivity index (χ4n) is 3.32. The first-order valence-corrected chi connectivity index (χ1v) is 6.78. The minimum Gasteiger partial charge on any atom is -0.299 e. The van der Waals surface area contributed by atoms with Gasteiger partial charge in [0.25, 0.3) is 0 Å². The molecule has 0 atom stereocenters. The first-order valence-electron chi connectivity index (χ1n) is 6.40. The van der Waals surface area contributed by atoms with Crippen molar-refractivity contribution in [2.24, 2.45) is 10.8 Å². The number of hydrogen-bond acceptors (Lipinski definition) is 2. The van der Waals surface area contributed by atoms with Crippen LogP contribution in [0, 0.1) is 22.2 Å². The highest BCUT2D eigenvalue weighted by Gasteiger charge is 2.70. The summed E-state index contributed by atoms with van der Waals surface area (Å²) < 4.78 is 0. The van der Waals surface area contributed by atoms with Crippen molar-refractivity contribution in [3.8, 4) is 6.07 Å². The molecule has 0 heterocycles. The minimum absolute atomic E-state index is 0.0133. The lowest BCUT2D eigenvalue weighted by Gasteiger charge is -2.66. The third kappa shape index (κ3) is 2.36. The molecule has 0 aromatic rings. The Labute approximate surface area is 108 Å². The van der Waals surface area contributed by atoms with Crippen molar-refractivity contribution < 1.29 is 4.79 Å². The second-order valence-electron chi connectivity index (χ2n) is 6.74. The van der Waals surface area contributed by atoms with Gasteiger partial charge in [-0.1, -0.05) is 13.8 Å². The largest absolute Gasteiger partial charge is 0.299 e. The van der Waals surface area contributed by atoms with Crippen LogP contribution >= 0.6 is 11.6 Å². The van der Waals surface area contributed by atoms with E-state index < -0.39 is 0 Å². The van der Waals surface area contributed by atoms with Crippen molar-refractivity contribution in [2.75, 3.05) is 0 Å². The van der Waals surface area contributed by atoms with Crippen LogP contribution in [-0.4, -0.2) is 10.7 Å². The topological polar surface area (TPSA) is 40.9 Å². The van der Waals surface area contributed by atoms with Crippen molar-refractivity contribution in [3.63, 3.8) is 0 Å². The lowest BCUT2D eigenvalue weighted by Crippen LogP contribution is -2.67. The number of hydrogen-bond donors (Lipinski definition) is 0. The number of nitrogens with zero attached hydrogens (tertiary/aromatic N) is 1. The predicted octanol–water partition coefficient (Wildman–Crippen LogP) is 3.83. The van der Waals surface area contributed by atoms with Crippen LogP contribution in [0.25, 0.3) is 0 Å². The summed E-state index contributed by atoms with van der Waals surface area (Å²) in [6.45, 7) is 4.26. The molecule has 0 N–H and O–H groups in total. The predicted molar refractivity (Wildman–Crippen MR) is 67.7 cm³/mol.